The van der Waals surface area contributed by atoms with Crippen LogP contribution in [0.15, 0.2) is 90.5 Å². The molecule has 0 amide bonds. The number of halogens is 1. The fraction of sp³-hybridized carbons (Fsp3) is 0.217. The van der Waals surface area contributed by atoms with Gasteiger partial charge >= 0.3 is 0 Å². The van der Waals surface area contributed by atoms with Crippen molar-refractivity contribution < 1.29 is 0 Å². The summed E-state index contributed by atoms with van der Waals surface area (Å²) in [4.78, 5) is 0. The van der Waals surface area contributed by atoms with Gasteiger partial charge in [-0.15, -0.1) is 0 Å². The van der Waals surface area contributed by atoms with E-state index >= 15 is 0 Å². The van der Waals surface area contributed by atoms with Gasteiger partial charge in [0.1, 0.15) is 0 Å². The Bertz CT molecular complexity index is 796. The minimum atomic E-state index is -0.234. The Morgan fingerprint density at radius 1 is 1.00 bits per heavy atom. The van der Waals surface area contributed by atoms with E-state index in [4.69, 9.17) is 11.6 Å². The predicted octanol–water partition coefficient (Wildman–Crippen LogP) is 6.52. The average Bonchev–Trinajstić information content (AvgIpc) is 2.86. The van der Waals surface area contributed by atoms with Gasteiger partial charge in [0, 0.05) is 11.0 Å². The number of allylic oxidation sites excluding steroid dienone is 4. The zero-order valence-electron chi connectivity index (χ0n) is 14.3. The van der Waals surface area contributed by atoms with Crippen LogP contribution in [-0.2, 0) is 10.8 Å². The third-order valence-electron chi connectivity index (χ3n) is 5.11. The molecule has 24 heavy (non-hydrogen) atoms. The molecule has 0 saturated heterocycles. The summed E-state index contributed by atoms with van der Waals surface area (Å²) in [6.07, 6.45) is 6.84. The zero-order chi connectivity index (χ0) is 17.2. The van der Waals surface area contributed by atoms with E-state index in [-0.39, 0.29) is 10.8 Å². The molecule has 0 radical (unpaired) electrons. The Balaban J connectivity index is 2.34. The first kappa shape index (κ1) is 16.8. The van der Waals surface area contributed by atoms with Crippen molar-refractivity contribution in [2.75, 3.05) is 0 Å². The summed E-state index contributed by atoms with van der Waals surface area (Å²) in [5, 5.41) is 0. The van der Waals surface area contributed by atoms with Crippen LogP contribution in [0, 0.1) is 0 Å². The molecule has 1 aliphatic rings. The van der Waals surface area contributed by atoms with Crippen molar-refractivity contribution in [2.45, 2.75) is 31.1 Å². The Morgan fingerprint density at radius 3 is 2.25 bits per heavy atom. The lowest BCUT2D eigenvalue weighted by Crippen LogP contribution is -2.29. The summed E-state index contributed by atoms with van der Waals surface area (Å²) in [5.74, 6) is 0. The maximum atomic E-state index is 6.33. The first-order valence-corrected chi connectivity index (χ1v) is 8.75. The van der Waals surface area contributed by atoms with Gasteiger partial charge in [-0.25, -0.2) is 0 Å². The Hall–Kier alpha value is -2.05. The van der Waals surface area contributed by atoms with Crippen LogP contribution in [0.3, 0.4) is 0 Å². The topological polar surface area (TPSA) is 0 Å². The van der Waals surface area contributed by atoms with Crippen LogP contribution < -0.4 is 0 Å². The fourth-order valence-corrected chi connectivity index (χ4v) is 4.41. The maximum absolute atomic E-state index is 6.33. The quantitative estimate of drug-likeness (QED) is 0.558. The first-order valence-electron chi connectivity index (χ1n) is 8.32. The van der Waals surface area contributed by atoms with Crippen LogP contribution in [0.5, 0.6) is 0 Å². The number of fused-ring (bicyclic) bond motifs is 1. The fourth-order valence-electron chi connectivity index (χ4n) is 4.15. The van der Waals surface area contributed by atoms with Crippen molar-refractivity contribution in [2.24, 2.45) is 0 Å². The number of hydrogen-bond acceptors (Lipinski definition) is 0. The van der Waals surface area contributed by atoms with E-state index in [0.717, 1.165) is 12.0 Å². The predicted molar refractivity (Wildman–Crippen MR) is 105 cm³/mol. The number of hydrogen-bond donors (Lipinski definition) is 0. The van der Waals surface area contributed by atoms with E-state index in [1.54, 1.807) is 11.6 Å². The van der Waals surface area contributed by atoms with Crippen LogP contribution in [-0.4, -0.2) is 0 Å². The molecule has 0 nitrogen and oxygen atoms in total. The van der Waals surface area contributed by atoms with Crippen LogP contribution in [0.4, 0.5) is 0 Å². The van der Waals surface area contributed by atoms with Gasteiger partial charge in [0.05, 0.1) is 0 Å². The van der Waals surface area contributed by atoms with Crippen molar-refractivity contribution in [3.8, 4) is 0 Å². The van der Waals surface area contributed by atoms with Gasteiger partial charge in [-0.05, 0) is 34.1 Å². The van der Waals surface area contributed by atoms with Gasteiger partial charge < -0.3 is 0 Å². The van der Waals surface area contributed by atoms with Crippen molar-refractivity contribution in [1.82, 2.24) is 0 Å². The molecular formula is C23H23Cl. The molecule has 1 aliphatic carbocycles. The molecule has 0 fully saturated rings. The Morgan fingerprint density at radius 2 is 1.62 bits per heavy atom. The molecule has 0 aromatic heterocycles. The minimum Gasteiger partial charge on any atom is -0.0991 e. The second-order valence-electron chi connectivity index (χ2n) is 7.04. The highest BCUT2D eigenvalue weighted by molar-refractivity contribution is 6.26. The molecule has 122 valence electrons. The van der Waals surface area contributed by atoms with Gasteiger partial charge in [0.2, 0.25) is 0 Å². The van der Waals surface area contributed by atoms with Crippen LogP contribution >= 0.6 is 11.6 Å². The van der Waals surface area contributed by atoms with E-state index < -0.39 is 0 Å². The number of rotatable bonds is 4. The third kappa shape index (κ3) is 2.56. The minimum absolute atomic E-state index is 0.0829. The summed E-state index contributed by atoms with van der Waals surface area (Å²) in [7, 11) is 0. The molecule has 0 heterocycles. The van der Waals surface area contributed by atoms with Crippen LogP contribution in [0.1, 0.15) is 37.0 Å². The molecule has 2 aromatic carbocycles. The van der Waals surface area contributed by atoms with Gasteiger partial charge in [-0.2, -0.15) is 0 Å². The average molecular weight is 335 g/mol. The van der Waals surface area contributed by atoms with Crippen molar-refractivity contribution in [1.29, 1.82) is 0 Å². The van der Waals surface area contributed by atoms with Crippen molar-refractivity contribution >= 4 is 11.6 Å². The lowest BCUT2D eigenvalue weighted by atomic mass is 9.68. The lowest BCUT2D eigenvalue weighted by molar-refractivity contribution is 0.444. The molecule has 1 heteroatoms. The second kappa shape index (κ2) is 6.45. The van der Waals surface area contributed by atoms with E-state index in [2.05, 4.69) is 81.1 Å². The summed E-state index contributed by atoms with van der Waals surface area (Å²) in [5.41, 5.74) is 6.71. The lowest BCUT2D eigenvalue weighted by Gasteiger charge is -2.34. The SMILES string of the molecule is C=C/C=C\C(=C/Cl)C1(c2ccccc2)CC(C)(C)c2ccccc21. The summed E-state index contributed by atoms with van der Waals surface area (Å²) < 4.78 is 0. The van der Waals surface area contributed by atoms with Crippen molar-refractivity contribution in [3.05, 3.63) is 107 Å². The van der Waals surface area contributed by atoms with Gasteiger partial charge in [0.15, 0.2) is 0 Å². The normalized spacial score (nSPS) is 22.5. The second-order valence-corrected chi connectivity index (χ2v) is 7.26. The Kier molecular flexibility index (Phi) is 4.51. The first-order chi connectivity index (χ1) is 11.6. The van der Waals surface area contributed by atoms with Gasteiger partial charge in [-0.3, -0.25) is 0 Å². The largest absolute Gasteiger partial charge is 0.0991 e. The molecule has 0 spiro atoms. The smallest absolute Gasteiger partial charge is 0.0471 e. The maximum Gasteiger partial charge on any atom is 0.0471 e. The summed E-state index contributed by atoms with van der Waals surface area (Å²) >= 11 is 6.33. The summed E-state index contributed by atoms with van der Waals surface area (Å²) in [6, 6.07) is 19.4. The van der Waals surface area contributed by atoms with Gasteiger partial charge in [0.25, 0.3) is 0 Å². The summed E-state index contributed by atoms with van der Waals surface area (Å²) in [6.45, 7) is 8.44. The van der Waals surface area contributed by atoms with Crippen molar-refractivity contribution in [3.63, 3.8) is 0 Å². The molecule has 0 N–H and O–H groups in total. The van der Waals surface area contributed by atoms with E-state index in [9.17, 15) is 0 Å². The molecule has 0 aliphatic heterocycles. The van der Waals surface area contributed by atoms with Crippen LogP contribution in [0.2, 0.25) is 0 Å². The number of benzene rings is 2. The molecule has 0 saturated carbocycles. The Labute approximate surface area is 150 Å². The molecule has 3 rings (SSSR count). The zero-order valence-corrected chi connectivity index (χ0v) is 15.1. The van der Waals surface area contributed by atoms with E-state index in [0.29, 0.717) is 0 Å². The highest BCUT2D eigenvalue weighted by atomic mass is 35.5. The monoisotopic (exact) mass is 334 g/mol. The molecular weight excluding hydrogens is 312 g/mol. The standard InChI is InChI=1S/C23H23Cl/c1-4-5-11-19(16-24)23(18-12-7-6-8-13-18)17-22(2,3)20-14-9-10-15-21(20)23/h4-16H,1,17H2,2-3H3/b11-5-,19-16+. The molecule has 1 unspecified atom stereocenters. The molecule has 0 bridgehead atoms. The highest BCUT2D eigenvalue weighted by Crippen LogP contribution is 2.56. The van der Waals surface area contributed by atoms with Crippen LogP contribution in [0.25, 0.3) is 0 Å². The van der Waals surface area contributed by atoms with E-state index in [1.807, 2.05) is 6.08 Å². The molecule has 1 atom stereocenters. The highest BCUT2D eigenvalue weighted by Gasteiger charge is 2.49. The third-order valence-corrected chi connectivity index (χ3v) is 5.35. The molecule has 2 aromatic rings. The van der Waals surface area contributed by atoms with E-state index in [1.165, 1.54) is 16.7 Å². The van der Waals surface area contributed by atoms with Gasteiger partial charge in [-0.1, -0.05) is 105 Å².